The van der Waals surface area contributed by atoms with Crippen LogP contribution < -0.4 is 9.62 Å². The maximum atomic E-state index is 12.4. The zero-order valence-corrected chi connectivity index (χ0v) is 14.7. The van der Waals surface area contributed by atoms with Gasteiger partial charge in [-0.15, -0.1) is 0 Å². The van der Waals surface area contributed by atoms with Crippen LogP contribution in [0, 0.1) is 0 Å². The molecule has 1 fully saturated rings. The summed E-state index contributed by atoms with van der Waals surface area (Å²) >= 11 is 5.83. The number of benzene rings is 2. The molecule has 1 saturated heterocycles. The van der Waals surface area contributed by atoms with Crippen molar-refractivity contribution in [1.82, 2.24) is 4.90 Å². The van der Waals surface area contributed by atoms with Crippen molar-refractivity contribution in [3.8, 4) is 0 Å². The Labute approximate surface area is 149 Å². The first-order valence-electron chi connectivity index (χ1n) is 7.24. The molecule has 1 heterocycles. The molecule has 1 aliphatic rings. The minimum absolute atomic E-state index is 0.0125. The highest BCUT2D eigenvalue weighted by Crippen LogP contribution is 2.26. The molecule has 0 aromatic heterocycles. The number of hydrogen-bond donors (Lipinski definition) is 1. The minimum atomic E-state index is -3.85. The van der Waals surface area contributed by atoms with Gasteiger partial charge < -0.3 is 4.90 Å². The van der Waals surface area contributed by atoms with Gasteiger partial charge in [0.2, 0.25) is 0 Å². The largest absolute Gasteiger partial charge is 0.331 e. The number of carbonyl (C=O) groups is 2. The average molecular weight is 380 g/mol. The lowest BCUT2D eigenvalue weighted by Crippen LogP contribution is -2.31. The van der Waals surface area contributed by atoms with Crippen molar-refractivity contribution < 1.29 is 18.0 Å². The van der Waals surface area contributed by atoms with Crippen LogP contribution in [-0.4, -0.2) is 38.8 Å². The van der Waals surface area contributed by atoms with Gasteiger partial charge in [-0.3, -0.25) is 9.52 Å². The summed E-state index contributed by atoms with van der Waals surface area (Å²) in [4.78, 5) is 26.3. The number of urea groups is 1. The van der Waals surface area contributed by atoms with Crippen LogP contribution in [0.1, 0.15) is 0 Å². The Kier molecular flexibility index (Phi) is 4.40. The molecule has 7 nitrogen and oxygen atoms in total. The SMILES string of the molecule is CN1CC(=O)N(c2cccc(NS(=O)(=O)c3cccc(Cl)c3)c2)C1=O. The lowest BCUT2D eigenvalue weighted by molar-refractivity contribution is -0.116. The molecule has 25 heavy (non-hydrogen) atoms. The van der Waals surface area contributed by atoms with Crippen molar-refractivity contribution in [2.45, 2.75) is 4.90 Å². The summed E-state index contributed by atoms with van der Waals surface area (Å²) in [6, 6.07) is 11.5. The van der Waals surface area contributed by atoms with Crippen LogP contribution in [0.5, 0.6) is 0 Å². The molecule has 9 heteroatoms. The van der Waals surface area contributed by atoms with Crippen molar-refractivity contribution in [1.29, 1.82) is 0 Å². The normalized spacial score (nSPS) is 15.0. The number of rotatable bonds is 4. The van der Waals surface area contributed by atoms with Crippen molar-refractivity contribution in [3.05, 3.63) is 53.6 Å². The molecule has 0 spiro atoms. The minimum Gasteiger partial charge on any atom is -0.318 e. The molecule has 2 aromatic carbocycles. The summed E-state index contributed by atoms with van der Waals surface area (Å²) in [6.07, 6.45) is 0. The van der Waals surface area contributed by atoms with Crippen LogP contribution in [0.4, 0.5) is 16.2 Å². The average Bonchev–Trinajstić information content (AvgIpc) is 2.80. The summed E-state index contributed by atoms with van der Waals surface area (Å²) < 4.78 is 27.3. The zero-order valence-electron chi connectivity index (χ0n) is 13.1. The van der Waals surface area contributed by atoms with Crippen LogP contribution >= 0.6 is 11.6 Å². The molecule has 1 N–H and O–H groups in total. The number of imide groups is 1. The maximum Gasteiger partial charge on any atom is 0.331 e. The molecule has 0 radical (unpaired) electrons. The number of likely N-dealkylation sites (N-methyl/N-ethyl adjacent to an activating group) is 1. The van der Waals surface area contributed by atoms with Gasteiger partial charge >= 0.3 is 6.03 Å². The number of amides is 3. The molecule has 0 aliphatic carbocycles. The fraction of sp³-hybridized carbons (Fsp3) is 0.125. The number of hydrogen-bond acceptors (Lipinski definition) is 4. The second kappa shape index (κ2) is 6.38. The fourth-order valence-corrected chi connectivity index (χ4v) is 3.78. The van der Waals surface area contributed by atoms with E-state index < -0.39 is 16.1 Å². The summed E-state index contributed by atoms with van der Waals surface area (Å²) in [6.45, 7) is -0.0166. The third-order valence-electron chi connectivity index (χ3n) is 3.60. The van der Waals surface area contributed by atoms with Crippen molar-refractivity contribution in [3.63, 3.8) is 0 Å². The Morgan fingerprint density at radius 3 is 2.44 bits per heavy atom. The topological polar surface area (TPSA) is 86.8 Å². The Bertz CT molecular complexity index is 961. The van der Waals surface area contributed by atoms with Gasteiger partial charge in [0.1, 0.15) is 6.54 Å². The molecular weight excluding hydrogens is 366 g/mol. The van der Waals surface area contributed by atoms with E-state index in [-0.39, 0.29) is 23.0 Å². The number of nitrogens with zero attached hydrogens (tertiary/aromatic N) is 2. The summed E-state index contributed by atoms with van der Waals surface area (Å²) in [5.74, 6) is -0.373. The molecular formula is C16H14ClN3O4S. The predicted octanol–water partition coefficient (Wildman–Crippen LogP) is 2.54. The molecule has 3 amide bonds. The number of nitrogens with one attached hydrogen (secondary N) is 1. The van der Waals surface area contributed by atoms with Crippen molar-refractivity contribution in [2.75, 3.05) is 23.2 Å². The van der Waals surface area contributed by atoms with E-state index >= 15 is 0 Å². The Hall–Kier alpha value is -2.58. The van der Waals surface area contributed by atoms with Gasteiger partial charge in [0.15, 0.2) is 0 Å². The van der Waals surface area contributed by atoms with Crippen molar-refractivity contribution in [2.24, 2.45) is 0 Å². The molecule has 0 bridgehead atoms. The summed E-state index contributed by atoms with van der Waals surface area (Å²) in [5.41, 5.74) is 0.526. The highest BCUT2D eigenvalue weighted by molar-refractivity contribution is 7.92. The van der Waals surface area contributed by atoms with E-state index in [2.05, 4.69) is 4.72 Å². The summed E-state index contributed by atoms with van der Waals surface area (Å²) in [7, 11) is -2.33. The van der Waals surface area contributed by atoms with Crippen LogP contribution in [0.25, 0.3) is 0 Å². The molecule has 0 unspecified atom stereocenters. The third kappa shape index (κ3) is 3.45. The fourth-order valence-electron chi connectivity index (χ4n) is 2.43. The quantitative estimate of drug-likeness (QED) is 0.827. The van der Waals surface area contributed by atoms with Crippen molar-refractivity contribution >= 4 is 44.9 Å². The Balaban J connectivity index is 1.90. The summed E-state index contributed by atoms with van der Waals surface area (Å²) in [5, 5.41) is 0.299. The smallest absolute Gasteiger partial charge is 0.318 e. The van der Waals surface area contributed by atoms with Gasteiger partial charge in [-0.25, -0.2) is 18.1 Å². The third-order valence-corrected chi connectivity index (χ3v) is 5.22. The van der Waals surface area contributed by atoms with Crippen LogP contribution in [0.2, 0.25) is 5.02 Å². The van der Waals surface area contributed by atoms with Gasteiger partial charge in [-0.05, 0) is 36.4 Å². The van der Waals surface area contributed by atoms with Gasteiger partial charge in [0.05, 0.1) is 16.3 Å². The van der Waals surface area contributed by atoms with E-state index in [0.29, 0.717) is 10.7 Å². The monoisotopic (exact) mass is 379 g/mol. The second-order valence-electron chi connectivity index (χ2n) is 5.48. The predicted molar refractivity (Wildman–Crippen MR) is 94.2 cm³/mol. The highest BCUT2D eigenvalue weighted by atomic mass is 35.5. The maximum absolute atomic E-state index is 12.4. The Morgan fingerprint density at radius 1 is 1.08 bits per heavy atom. The first-order chi connectivity index (χ1) is 11.8. The van der Waals surface area contributed by atoms with E-state index in [1.807, 2.05) is 0 Å². The van der Waals surface area contributed by atoms with Gasteiger partial charge in [-0.1, -0.05) is 23.7 Å². The zero-order chi connectivity index (χ0) is 18.2. The molecule has 1 aliphatic heterocycles. The lowest BCUT2D eigenvalue weighted by Gasteiger charge is -2.16. The first-order valence-corrected chi connectivity index (χ1v) is 9.10. The van der Waals surface area contributed by atoms with E-state index in [1.54, 1.807) is 18.2 Å². The number of halogens is 1. The number of carbonyl (C=O) groups excluding carboxylic acids is 2. The number of anilines is 2. The molecule has 0 atom stereocenters. The van der Waals surface area contributed by atoms with E-state index in [1.165, 1.54) is 42.3 Å². The van der Waals surface area contributed by atoms with E-state index in [0.717, 1.165) is 4.90 Å². The Morgan fingerprint density at radius 2 is 1.80 bits per heavy atom. The standard InChI is InChI=1S/C16H14ClN3O4S/c1-19-10-15(21)20(16(19)22)13-6-3-5-12(9-13)18-25(23,24)14-7-2-4-11(17)8-14/h2-9,18H,10H2,1H3. The van der Waals surface area contributed by atoms with Gasteiger partial charge in [0, 0.05) is 12.1 Å². The number of sulfonamides is 1. The highest BCUT2D eigenvalue weighted by Gasteiger charge is 2.34. The molecule has 3 rings (SSSR count). The van der Waals surface area contributed by atoms with Gasteiger partial charge in [0.25, 0.3) is 15.9 Å². The lowest BCUT2D eigenvalue weighted by atomic mass is 10.2. The molecule has 130 valence electrons. The molecule has 2 aromatic rings. The van der Waals surface area contributed by atoms with E-state index in [9.17, 15) is 18.0 Å². The van der Waals surface area contributed by atoms with Crippen LogP contribution in [0.3, 0.4) is 0 Å². The van der Waals surface area contributed by atoms with Crippen LogP contribution in [0.15, 0.2) is 53.4 Å². The molecule has 0 saturated carbocycles. The van der Waals surface area contributed by atoms with Crippen LogP contribution in [-0.2, 0) is 14.8 Å². The van der Waals surface area contributed by atoms with E-state index in [4.69, 9.17) is 11.6 Å². The first kappa shape index (κ1) is 17.2. The van der Waals surface area contributed by atoms with Gasteiger partial charge in [-0.2, -0.15) is 0 Å². The second-order valence-corrected chi connectivity index (χ2v) is 7.60.